The van der Waals surface area contributed by atoms with Gasteiger partial charge < -0.3 is 0 Å². The molecule has 0 bridgehead atoms. The Balaban J connectivity index is 0. The van der Waals surface area contributed by atoms with Gasteiger partial charge in [-0.3, -0.25) is 0 Å². The summed E-state index contributed by atoms with van der Waals surface area (Å²) in [4.78, 5) is 0. The zero-order chi connectivity index (χ0) is 10.8. The van der Waals surface area contributed by atoms with Crippen LogP contribution < -0.4 is 0 Å². The highest BCUT2D eigenvalue weighted by Gasteiger charge is 2.00. The standard InChI is InChI=1S/C12H18.C2H6.CH4/c1-3-7-11(2)10-12-8-5-4-6-9-12;1-2;/h4-6,8-9,11H,3,7,10H2,1-2H3;1-2H3;1H4. The van der Waals surface area contributed by atoms with Gasteiger partial charge in [-0.25, -0.2) is 0 Å². The van der Waals surface area contributed by atoms with E-state index >= 15 is 0 Å². The molecule has 0 aromatic heterocycles. The Morgan fingerprint density at radius 3 is 2.07 bits per heavy atom. The molecular weight excluding hydrogens is 180 g/mol. The van der Waals surface area contributed by atoms with Crippen LogP contribution in [0.1, 0.15) is 53.5 Å². The molecule has 0 aliphatic rings. The van der Waals surface area contributed by atoms with Crippen molar-refractivity contribution in [2.45, 2.75) is 54.4 Å². The maximum absolute atomic E-state index is 2.33. The smallest absolute Gasteiger partial charge is 0.0253 e. The van der Waals surface area contributed by atoms with Crippen LogP contribution in [-0.2, 0) is 6.42 Å². The Morgan fingerprint density at radius 2 is 1.60 bits per heavy atom. The van der Waals surface area contributed by atoms with Gasteiger partial charge in [0, 0.05) is 0 Å². The summed E-state index contributed by atoms with van der Waals surface area (Å²) in [6.07, 6.45) is 3.87. The molecule has 0 saturated carbocycles. The van der Waals surface area contributed by atoms with Crippen molar-refractivity contribution in [1.82, 2.24) is 0 Å². The molecule has 1 atom stereocenters. The van der Waals surface area contributed by atoms with E-state index in [2.05, 4.69) is 44.2 Å². The van der Waals surface area contributed by atoms with E-state index in [4.69, 9.17) is 0 Å². The second-order valence-electron chi connectivity index (χ2n) is 3.58. The van der Waals surface area contributed by atoms with Crippen LogP contribution in [0.15, 0.2) is 30.3 Å². The fourth-order valence-electron chi connectivity index (χ4n) is 1.61. The topological polar surface area (TPSA) is 0 Å². The average Bonchev–Trinajstić information content (AvgIpc) is 2.22. The van der Waals surface area contributed by atoms with Crippen LogP contribution in [0.2, 0.25) is 0 Å². The van der Waals surface area contributed by atoms with Crippen LogP contribution in [0.5, 0.6) is 0 Å². The first-order valence-electron chi connectivity index (χ1n) is 5.87. The third-order valence-corrected chi connectivity index (χ3v) is 2.21. The number of hydrogen-bond acceptors (Lipinski definition) is 0. The lowest BCUT2D eigenvalue weighted by molar-refractivity contribution is 0.522. The second-order valence-corrected chi connectivity index (χ2v) is 3.58. The van der Waals surface area contributed by atoms with Crippen molar-refractivity contribution in [2.75, 3.05) is 0 Å². The molecule has 0 heterocycles. The van der Waals surface area contributed by atoms with E-state index in [-0.39, 0.29) is 7.43 Å². The number of benzene rings is 1. The average molecular weight is 208 g/mol. The van der Waals surface area contributed by atoms with Crippen LogP contribution in [0.25, 0.3) is 0 Å². The SMILES string of the molecule is C.CC.CCCC(C)Cc1ccccc1. The van der Waals surface area contributed by atoms with E-state index in [0.29, 0.717) is 0 Å². The first kappa shape index (κ1) is 16.6. The van der Waals surface area contributed by atoms with Crippen LogP contribution in [0, 0.1) is 5.92 Å². The Kier molecular flexibility index (Phi) is 12.5. The zero-order valence-corrected chi connectivity index (χ0v) is 10.1. The van der Waals surface area contributed by atoms with Gasteiger partial charge in [0.25, 0.3) is 0 Å². The maximum atomic E-state index is 2.33. The summed E-state index contributed by atoms with van der Waals surface area (Å²) >= 11 is 0. The van der Waals surface area contributed by atoms with E-state index in [1.165, 1.54) is 24.8 Å². The van der Waals surface area contributed by atoms with Gasteiger partial charge in [0.2, 0.25) is 0 Å². The van der Waals surface area contributed by atoms with Crippen molar-refractivity contribution in [1.29, 1.82) is 0 Å². The molecule has 0 N–H and O–H groups in total. The molecule has 1 rings (SSSR count). The van der Waals surface area contributed by atoms with Crippen LogP contribution in [0.3, 0.4) is 0 Å². The van der Waals surface area contributed by atoms with E-state index in [1.807, 2.05) is 13.8 Å². The second kappa shape index (κ2) is 11.3. The molecule has 0 heteroatoms. The summed E-state index contributed by atoms with van der Waals surface area (Å²) in [6, 6.07) is 10.7. The Hall–Kier alpha value is -0.780. The predicted molar refractivity (Wildman–Crippen MR) is 72.3 cm³/mol. The van der Waals surface area contributed by atoms with Crippen molar-refractivity contribution < 1.29 is 0 Å². The fraction of sp³-hybridized carbons (Fsp3) is 0.600. The molecule has 0 aliphatic carbocycles. The molecular formula is C15H28. The molecule has 0 amide bonds. The normalized spacial score (nSPS) is 10.7. The Morgan fingerprint density at radius 1 is 1.07 bits per heavy atom. The van der Waals surface area contributed by atoms with Crippen molar-refractivity contribution in [3.8, 4) is 0 Å². The monoisotopic (exact) mass is 208 g/mol. The summed E-state index contributed by atoms with van der Waals surface area (Å²) in [5, 5.41) is 0. The third-order valence-electron chi connectivity index (χ3n) is 2.21. The van der Waals surface area contributed by atoms with Gasteiger partial charge in [0.1, 0.15) is 0 Å². The van der Waals surface area contributed by atoms with Crippen molar-refractivity contribution in [3.63, 3.8) is 0 Å². The van der Waals surface area contributed by atoms with Gasteiger partial charge in [-0.05, 0) is 17.9 Å². The van der Waals surface area contributed by atoms with Crippen molar-refractivity contribution in [2.24, 2.45) is 5.92 Å². The lowest BCUT2D eigenvalue weighted by Gasteiger charge is -2.08. The lowest BCUT2D eigenvalue weighted by atomic mass is 9.97. The van der Waals surface area contributed by atoms with Crippen molar-refractivity contribution in [3.05, 3.63) is 35.9 Å². The van der Waals surface area contributed by atoms with E-state index < -0.39 is 0 Å². The highest BCUT2D eigenvalue weighted by atomic mass is 14.1. The van der Waals surface area contributed by atoms with Crippen molar-refractivity contribution >= 4 is 0 Å². The number of hydrogen-bond donors (Lipinski definition) is 0. The summed E-state index contributed by atoms with van der Waals surface area (Å²) in [5.74, 6) is 0.831. The first-order valence-corrected chi connectivity index (χ1v) is 5.87. The highest BCUT2D eigenvalue weighted by Crippen LogP contribution is 2.12. The third kappa shape index (κ3) is 8.23. The quantitative estimate of drug-likeness (QED) is 0.627. The summed E-state index contributed by atoms with van der Waals surface area (Å²) in [6.45, 7) is 8.58. The summed E-state index contributed by atoms with van der Waals surface area (Å²) in [7, 11) is 0. The molecule has 1 aromatic carbocycles. The molecule has 15 heavy (non-hydrogen) atoms. The van der Waals surface area contributed by atoms with Crippen LogP contribution >= 0.6 is 0 Å². The summed E-state index contributed by atoms with van der Waals surface area (Å²) in [5.41, 5.74) is 1.47. The molecule has 88 valence electrons. The van der Waals surface area contributed by atoms with Gasteiger partial charge in [-0.1, -0.05) is 78.3 Å². The minimum atomic E-state index is 0. The largest absolute Gasteiger partial charge is 0.0776 e. The molecule has 0 radical (unpaired) electrons. The molecule has 0 aliphatic heterocycles. The molecule has 0 saturated heterocycles. The lowest BCUT2D eigenvalue weighted by Crippen LogP contribution is -1.98. The minimum Gasteiger partial charge on any atom is -0.0776 e. The molecule has 1 unspecified atom stereocenters. The van der Waals surface area contributed by atoms with Gasteiger partial charge >= 0.3 is 0 Å². The van der Waals surface area contributed by atoms with Crippen LogP contribution in [-0.4, -0.2) is 0 Å². The molecule has 1 aromatic rings. The first-order chi connectivity index (χ1) is 6.83. The molecule has 0 nitrogen and oxygen atoms in total. The van der Waals surface area contributed by atoms with E-state index in [9.17, 15) is 0 Å². The number of rotatable bonds is 4. The Labute approximate surface area is 96.7 Å². The van der Waals surface area contributed by atoms with E-state index in [1.54, 1.807) is 0 Å². The zero-order valence-electron chi connectivity index (χ0n) is 10.1. The minimum absolute atomic E-state index is 0. The highest BCUT2D eigenvalue weighted by molar-refractivity contribution is 5.14. The Bertz CT molecular complexity index is 201. The van der Waals surface area contributed by atoms with Gasteiger partial charge in [-0.2, -0.15) is 0 Å². The fourth-order valence-corrected chi connectivity index (χ4v) is 1.61. The summed E-state index contributed by atoms with van der Waals surface area (Å²) < 4.78 is 0. The molecule has 0 fully saturated rings. The van der Waals surface area contributed by atoms with E-state index in [0.717, 1.165) is 5.92 Å². The maximum Gasteiger partial charge on any atom is -0.0253 e. The molecule has 0 spiro atoms. The predicted octanol–water partition coefficient (Wildman–Crippen LogP) is 5.33. The van der Waals surface area contributed by atoms with Crippen LogP contribution in [0.4, 0.5) is 0 Å². The van der Waals surface area contributed by atoms with Gasteiger partial charge in [-0.15, -0.1) is 0 Å². The van der Waals surface area contributed by atoms with Gasteiger partial charge in [0.15, 0.2) is 0 Å². The van der Waals surface area contributed by atoms with Gasteiger partial charge in [0.05, 0.1) is 0 Å².